The van der Waals surface area contributed by atoms with Crippen molar-refractivity contribution in [3.05, 3.63) is 30.2 Å². The van der Waals surface area contributed by atoms with Gasteiger partial charge in [-0.05, 0) is 31.1 Å². The molecule has 0 aromatic carbocycles. The first-order valence-electron chi connectivity index (χ1n) is 8.29. The Balaban J connectivity index is 1.89. The van der Waals surface area contributed by atoms with E-state index in [2.05, 4.69) is 0 Å². The third-order valence-electron chi connectivity index (χ3n) is 3.99. The van der Waals surface area contributed by atoms with Crippen molar-refractivity contribution in [1.82, 2.24) is 4.90 Å². The van der Waals surface area contributed by atoms with Gasteiger partial charge in [-0.15, -0.1) is 0 Å². The van der Waals surface area contributed by atoms with E-state index >= 15 is 0 Å². The lowest BCUT2D eigenvalue weighted by Crippen LogP contribution is -2.43. The molecule has 1 aromatic rings. The average molecular weight is 369 g/mol. The normalized spacial score (nSPS) is 19.2. The minimum atomic E-state index is -3.09. The van der Waals surface area contributed by atoms with Gasteiger partial charge in [0.05, 0.1) is 17.8 Å². The predicted molar refractivity (Wildman–Crippen MR) is 92.4 cm³/mol. The van der Waals surface area contributed by atoms with Crippen LogP contribution in [0.5, 0.6) is 0 Å². The number of rotatable bonds is 8. The lowest BCUT2D eigenvalue weighted by Gasteiger charge is -2.28. The minimum absolute atomic E-state index is 0.0191. The molecule has 0 aliphatic carbocycles. The van der Waals surface area contributed by atoms with Crippen LogP contribution in [0.4, 0.5) is 0 Å². The van der Waals surface area contributed by atoms with Crippen molar-refractivity contribution in [2.45, 2.75) is 32.2 Å². The van der Waals surface area contributed by atoms with E-state index in [4.69, 9.17) is 9.15 Å². The molecule has 8 heteroatoms. The van der Waals surface area contributed by atoms with Gasteiger partial charge in [0, 0.05) is 18.7 Å². The summed E-state index contributed by atoms with van der Waals surface area (Å²) in [5.41, 5.74) is 0. The molecule has 1 aliphatic rings. The molecule has 1 unspecified atom stereocenters. The molecular formula is C17H23NO6S. The second-order valence-corrected chi connectivity index (χ2v) is 8.18. The van der Waals surface area contributed by atoms with Gasteiger partial charge in [-0.3, -0.25) is 4.79 Å². The highest BCUT2D eigenvalue weighted by Crippen LogP contribution is 2.18. The third kappa shape index (κ3) is 6.04. The topological polar surface area (TPSA) is 93.9 Å². The number of ether oxygens (including phenoxy) is 1. The SMILES string of the molecule is CCCCN(C(=O)COC(=O)/C=C/c1ccco1)C1CCS(=O)(=O)C1. The molecule has 1 aromatic heterocycles. The molecule has 0 spiro atoms. The fourth-order valence-corrected chi connectivity index (χ4v) is 4.39. The predicted octanol–water partition coefficient (Wildman–Crippen LogP) is 1.65. The Hall–Kier alpha value is -2.09. The molecular weight excluding hydrogens is 346 g/mol. The minimum Gasteiger partial charge on any atom is -0.465 e. The first kappa shape index (κ1) is 19.2. The molecule has 2 heterocycles. The highest BCUT2D eigenvalue weighted by Gasteiger charge is 2.34. The quantitative estimate of drug-likeness (QED) is 0.511. The number of hydrogen-bond donors (Lipinski definition) is 0. The molecule has 2 rings (SSSR count). The van der Waals surface area contributed by atoms with Crippen LogP contribution in [0, 0.1) is 0 Å². The molecule has 0 N–H and O–H groups in total. The Labute approximate surface area is 147 Å². The highest BCUT2D eigenvalue weighted by molar-refractivity contribution is 7.91. The molecule has 7 nitrogen and oxygen atoms in total. The Morgan fingerprint density at radius 3 is 2.84 bits per heavy atom. The second kappa shape index (κ2) is 8.84. The number of esters is 1. The summed E-state index contributed by atoms with van der Waals surface area (Å²) in [6.45, 7) is 2.06. The molecule has 1 saturated heterocycles. The van der Waals surface area contributed by atoms with Gasteiger partial charge in [0.25, 0.3) is 5.91 Å². The van der Waals surface area contributed by atoms with Gasteiger partial charge in [0.1, 0.15) is 5.76 Å². The van der Waals surface area contributed by atoms with Crippen LogP contribution >= 0.6 is 0 Å². The number of amides is 1. The highest BCUT2D eigenvalue weighted by atomic mass is 32.2. The Bertz CT molecular complexity index is 708. The van der Waals surface area contributed by atoms with Gasteiger partial charge >= 0.3 is 5.97 Å². The second-order valence-electron chi connectivity index (χ2n) is 5.95. The average Bonchev–Trinajstić information content (AvgIpc) is 3.20. The molecule has 25 heavy (non-hydrogen) atoms. The number of sulfone groups is 1. The largest absolute Gasteiger partial charge is 0.465 e. The Morgan fingerprint density at radius 2 is 2.24 bits per heavy atom. The van der Waals surface area contributed by atoms with Crippen molar-refractivity contribution >= 4 is 27.8 Å². The molecule has 1 amide bonds. The summed E-state index contributed by atoms with van der Waals surface area (Å²) in [5, 5.41) is 0. The Kier molecular flexibility index (Phi) is 6.81. The van der Waals surface area contributed by atoms with Crippen LogP contribution < -0.4 is 0 Å². The summed E-state index contributed by atoms with van der Waals surface area (Å²) in [7, 11) is -3.09. The van der Waals surface area contributed by atoms with E-state index in [0.717, 1.165) is 12.8 Å². The van der Waals surface area contributed by atoms with Crippen LogP contribution in [0.25, 0.3) is 6.08 Å². The van der Waals surface area contributed by atoms with E-state index in [9.17, 15) is 18.0 Å². The monoisotopic (exact) mass is 369 g/mol. The van der Waals surface area contributed by atoms with Crippen LogP contribution in [0.1, 0.15) is 31.9 Å². The molecule has 0 radical (unpaired) electrons. The van der Waals surface area contributed by atoms with E-state index in [0.29, 0.717) is 18.7 Å². The van der Waals surface area contributed by atoms with Crippen molar-refractivity contribution in [2.24, 2.45) is 0 Å². The van der Waals surface area contributed by atoms with Crippen LogP contribution in [0.2, 0.25) is 0 Å². The van der Waals surface area contributed by atoms with Gasteiger partial charge in [-0.25, -0.2) is 13.2 Å². The van der Waals surface area contributed by atoms with E-state index < -0.39 is 22.4 Å². The van der Waals surface area contributed by atoms with E-state index in [1.807, 2.05) is 6.92 Å². The summed E-state index contributed by atoms with van der Waals surface area (Å²) in [6.07, 6.45) is 6.21. The van der Waals surface area contributed by atoms with Crippen molar-refractivity contribution < 1.29 is 27.2 Å². The van der Waals surface area contributed by atoms with Crippen molar-refractivity contribution in [1.29, 1.82) is 0 Å². The maximum Gasteiger partial charge on any atom is 0.331 e. The zero-order valence-corrected chi connectivity index (χ0v) is 15.0. The summed E-state index contributed by atoms with van der Waals surface area (Å²) in [5.74, 6) is -0.438. The smallest absolute Gasteiger partial charge is 0.331 e. The number of carbonyl (C=O) groups is 2. The zero-order chi connectivity index (χ0) is 18.3. The van der Waals surface area contributed by atoms with E-state index in [1.54, 1.807) is 12.1 Å². The van der Waals surface area contributed by atoms with E-state index in [-0.39, 0.29) is 23.5 Å². The van der Waals surface area contributed by atoms with Gasteiger partial charge in [0.2, 0.25) is 0 Å². The molecule has 1 fully saturated rings. The summed E-state index contributed by atoms with van der Waals surface area (Å²) < 4.78 is 33.3. The summed E-state index contributed by atoms with van der Waals surface area (Å²) >= 11 is 0. The van der Waals surface area contributed by atoms with Crippen LogP contribution in [0.15, 0.2) is 28.9 Å². The van der Waals surface area contributed by atoms with Crippen LogP contribution in [-0.2, 0) is 24.2 Å². The molecule has 0 saturated carbocycles. The van der Waals surface area contributed by atoms with Crippen molar-refractivity contribution in [3.8, 4) is 0 Å². The lowest BCUT2D eigenvalue weighted by molar-refractivity contribution is -0.149. The molecule has 0 bridgehead atoms. The standard InChI is InChI=1S/C17H23NO6S/c1-2-3-9-18(14-8-11-25(21,22)13-14)16(19)12-24-17(20)7-6-15-5-4-10-23-15/h4-7,10,14H,2-3,8-9,11-13H2,1H3/b7-6+. The number of furan rings is 1. The van der Waals surface area contributed by atoms with Gasteiger partial charge in [-0.1, -0.05) is 13.3 Å². The summed E-state index contributed by atoms with van der Waals surface area (Å²) in [6, 6.07) is 3.04. The van der Waals surface area contributed by atoms with E-state index in [1.165, 1.54) is 23.3 Å². The fraction of sp³-hybridized carbons (Fsp3) is 0.529. The number of nitrogens with zero attached hydrogens (tertiary/aromatic N) is 1. The molecule has 1 atom stereocenters. The zero-order valence-electron chi connectivity index (χ0n) is 14.2. The number of carbonyl (C=O) groups excluding carboxylic acids is 2. The maximum absolute atomic E-state index is 12.4. The third-order valence-corrected chi connectivity index (χ3v) is 5.74. The van der Waals surface area contributed by atoms with Crippen molar-refractivity contribution in [3.63, 3.8) is 0 Å². The molecule has 1 aliphatic heterocycles. The van der Waals surface area contributed by atoms with Gasteiger partial charge in [0.15, 0.2) is 16.4 Å². The molecule has 138 valence electrons. The van der Waals surface area contributed by atoms with Crippen LogP contribution in [0.3, 0.4) is 0 Å². The van der Waals surface area contributed by atoms with Crippen LogP contribution in [-0.4, -0.2) is 55.9 Å². The first-order chi connectivity index (χ1) is 11.9. The van der Waals surface area contributed by atoms with Gasteiger partial charge < -0.3 is 14.1 Å². The Morgan fingerprint density at radius 1 is 1.44 bits per heavy atom. The maximum atomic E-state index is 12.4. The fourth-order valence-electron chi connectivity index (χ4n) is 2.66. The van der Waals surface area contributed by atoms with Crippen molar-refractivity contribution in [2.75, 3.05) is 24.7 Å². The summed E-state index contributed by atoms with van der Waals surface area (Å²) in [4.78, 5) is 25.6. The number of unbranched alkanes of at least 4 members (excludes halogenated alkanes) is 1. The lowest BCUT2D eigenvalue weighted by atomic mass is 10.2. The first-order valence-corrected chi connectivity index (χ1v) is 10.1. The number of hydrogen-bond acceptors (Lipinski definition) is 6. The van der Waals surface area contributed by atoms with Gasteiger partial charge in [-0.2, -0.15) is 0 Å².